The third-order valence-electron chi connectivity index (χ3n) is 9.30. The molecule has 34 heavy (non-hydrogen) atoms. The normalized spacial score (nSPS) is 33.9. The van der Waals surface area contributed by atoms with Crippen LogP contribution in [0.25, 0.3) is 0 Å². The Morgan fingerprint density at radius 3 is 2.91 bits per heavy atom. The van der Waals surface area contributed by atoms with Crippen molar-refractivity contribution in [2.24, 2.45) is 5.92 Å². The minimum atomic E-state index is -0.998. The van der Waals surface area contributed by atoms with Crippen molar-refractivity contribution in [1.82, 2.24) is 14.8 Å². The first-order valence-corrected chi connectivity index (χ1v) is 13.4. The second-order valence-corrected chi connectivity index (χ2v) is 12.0. The summed E-state index contributed by atoms with van der Waals surface area (Å²) in [5, 5.41) is 23.3. The third kappa shape index (κ3) is 2.76. The molecule has 5 aliphatic rings. The fourth-order valence-corrected chi connectivity index (χ4v) is 7.98. The van der Waals surface area contributed by atoms with Gasteiger partial charge in [-0.1, -0.05) is 6.07 Å². The maximum atomic E-state index is 13.4. The van der Waals surface area contributed by atoms with Gasteiger partial charge < -0.3 is 19.8 Å². The molecular weight excluding hydrogens is 450 g/mol. The number of rotatable bonds is 4. The zero-order valence-electron chi connectivity index (χ0n) is 19.5. The van der Waals surface area contributed by atoms with E-state index in [4.69, 9.17) is 4.74 Å². The number of carbonyl (C=O) groups excluding carboxylic acids is 1. The van der Waals surface area contributed by atoms with Crippen LogP contribution >= 0.6 is 11.3 Å². The van der Waals surface area contributed by atoms with Crippen LogP contribution in [0.1, 0.15) is 47.4 Å². The van der Waals surface area contributed by atoms with Gasteiger partial charge in [0.05, 0.1) is 35.2 Å². The van der Waals surface area contributed by atoms with Crippen LogP contribution in [0, 0.1) is 12.8 Å². The molecule has 4 heterocycles. The number of hydrogen-bond donors (Lipinski definition) is 2. The number of aromatic nitrogens is 1. The summed E-state index contributed by atoms with van der Waals surface area (Å²) < 4.78 is 6.49. The molecule has 3 unspecified atom stereocenters. The fraction of sp³-hybridized carbons (Fsp3) is 0.615. The molecule has 8 heteroatoms. The van der Waals surface area contributed by atoms with Gasteiger partial charge in [0.2, 0.25) is 5.91 Å². The van der Waals surface area contributed by atoms with Crippen LogP contribution in [0.2, 0.25) is 0 Å². The van der Waals surface area contributed by atoms with Crippen LogP contribution < -0.4 is 4.74 Å². The zero-order chi connectivity index (χ0) is 23.2. The lowest BCUT2D eigenvalue weighted by Crippen LogP contribution is -2.74. The van der Waals surface area contributed by atoms with Crippen LogP contribution in [0.4, 0.5) is 0 Å². The summed E-state index contributed by atoms with van der Waals surface area (Å²) in [5.41, 5.74) is 3.22. The van der Waals surface area contributed by atoms with Gasteiger partial charge in [-0.3, -0.25) is 9.69 Å². The highest BCUT2D eigenvalue weighted by Crippen LogP contribution is 2.63. The maximum absolute atomic E-state index is 13.4. The van der Waals surface area contributed by atoms with Crippen molar-refractivity contribution in [3.05, 3.63) is 39.3 Å². The number of aliphatic hydroxyl groups is 1. The van der Waals surface area contributed by atoms with Crippen molar-refractivity contribution < 1.29 is 19.7 Å². The fourth-order valence-electron chi connectivity index (χ4n) is 7.38. The second-order valence-electron chi connectivity index (χ2n) is 11.0. The van der Waals surface area contributed by atoms with Crippen molar-refractivity contribution in [2.75, 3.05) is 26.2 Å². The van der Waals surface area contributed by atoms with Crippen LogP contribution in [0.3, 0.4) is 0 Å². The number of aromatic hydroxyl groups is 1. The van der Waals surface area contributed by atoms with E-state index in [9.17, 15) is 15.0 Å². The summed E-state index contributed by atoms with van der Waals surface area (Å²) in [6.45, 7) is 4.90. The molecule has 3 fully saturated rings. The molecule has 4 atom stereocenters. The second kappa shape index (κ2) is 7.18. The van der Waals surface area contributed by atoms with Crippen molar-refractivity contribution in [3.8, 4) is 11.5 Å². The van der Waals surface area contributed by atoms with E-state index < -0.39 is 11.0 Å². The van der Waals surface area contributed by atoms with E-state index in [0.29, 0.717) is 25.3 Å². The van der Waals surface area contributed by atoms with Crippen molar-refractivity contribution in [2.45, 2.75) is 68.6 Å². The van der Waals surface area contributed by atoms with Crippen LogP contribution in [-0.4, -0.2) is 74.8 Å². The van der Waals surface area contributed by atoms with Gasteiger partial charge in [-0.25, -0.2) is 4.98 Å². The Labute approximate surface area is 203 Å². The van der Waals surface area contributed by atoms with E-state index in [1.807, 2.05) is 17.9 Å². The third-order valence-corrected chi connectivity index (χ3v) is 10.1. The first-order valence-electron chi connectivity index (χ1n) is 12.6. The average molecular weight is 482 g/mol. The Morgan fingerprint density at radius 1 is 1.29 bits per heavy atom. The van der Waals surface area contributed by atoms with Gasteiger partial charge in [0, 0.05) is 29.6 Å². The minimum absolute atomic E-state index is 0.00628. The molecule has 180 valence electrons. The number of ether oxygens (including phenoxy) is 1. The molecule has 3 aliphatic heterocycles. The lowest BCUT2D eigenvalue weighted by molar-refractivity contribution is -0.162. The summed E-state index contributed by atoms with van der Waals surface area (Å²) in [4.78, 5) is 23.3. The van der Waals surface area contributed by atoms with Crippen LogP contribution in [0.15, 0.2) is 17.6 Å². The molecule has 7 rings (SSSR count). The first kappa shape index (κ1) is 21.1. The molecule has 0 radical (unpaired) electrons. The molecule has 1 saturated carbocycles. The molecule has 1 spiro atoms. The minimum Gasteiger partial charge on any atom is -0.504 e. The number of amides is 1. The number of carbonyl (C=O) groups is 1. The number of nitrogens with zero attached hydrogens (tertiary/aromatic N) is 3. The number of phenols is 1. The molecule has 1 aromatic carbocycles. The van der Waals surface area contributed by atoms with Crippen molar-refractivity contribution in [3.63, 3.8) is 0 Å². The smallest absolute Gasteiger partial charge is 0.228 e. The van der Waals surface area contributed by atoms with Crippen molar-refractivity contribution >= 4 is 17.2 Å². The predicted molar refractivity (Wildman–Crippen MR) is 127 cm³/mol. The van der Waals surface area contributed by atoms with Crippen molar-refractivity contribution in [1.29, 1.82) is 0 Å². The topological polar surface area (TPSA) is 86.1 Å². The zero-order valence-corrected chi connectivity index (χ0v) is 20.3. The molecule has 2 N–H and O–H groups in total. The van der Waals surface area contributed by atoms with Gasteiger partial charge in [-0.2, -0.15) is 0 Å². The number of thiazole rings is 1. The molecule has 1 amide bonds. The Kier molecular flexibility index (Phi) is 4.47. The predicted octanol–water partition coefficient (Wildman–Crippen LogP) is 2.40. The van der Waals surface area contributed by atoms with Gasteiger partial charge in [0.25, 0.3) is 0 Å². The van der Waals surface area contributed by atoms with Gasteiger partial charge in [0.15, 0.2) is 11.5 Å². The first-order chi connectivity index (χ1) is 16.4. The summed E-state index contributed by atoms with van der Waals surface area (Å²) in [6, 6.07) is 3.76. The lowest BCUT2D eigenvalue weighted by atomic mass is 9.52. The molecule has 7 nitrogen and oxygen atoms in total. The lowest BCUT2D eigenvalue weighted by Gasteiger charge is -2.60. The summed E-state index contributed by atoms with van der Waals surface area (Å²) in [7, 11) is 0. The number of likely N-dealkylation sites (tertiary alicyclic amines) is 2. The number of aryl methyl sites for hydroxylation is 1. The standard InChI is InChI=1S/C26H31N3O4S/c1-15-18(27-14-34-15)11-22(31)29-9-7-26(32)20-10-17-4-5-19(30)24-23(17)25(26,21(13-29)33-24)6-8-28(20)12-16-2-3-16/h4-5,14,16,20-21,30,32H,2-3,6-13H2,1H3/t20?,21-,25?,26?/m1/s1. The van der Waals surface area contributed by atoms with E-state index in [-0.39, 0.29) is 30.2 Å². The summed E-state index contributed by atoms with van der Waals surface area (Å²) in [5.74, 6) is 1.44. The molecule has 2 saturated heterocycles. The summed E-state index contributed by atoms with van der Waals surface area (Å²) in [6.07, 6.45) is 4.54. The number of piperidine rings is 1. The van der Waals surface area contributed by atoms with E-state index in [1.165, 1.54) is 18.4 Å². The Balaban J connectivity index is 1.30. The van der Waals surface area contributed by atoms with E-state index >= 15 is 0 Å². The maximum Gasteiger partial charge on any atom is 0.228 e. The number of hydrogen-bond acceptors (Lipinski definition) is 7. The molecule has 2 aromatic rings. The van der Waals surface area contributed by atoms with Crippen LogP contribution in [-0.2, 0) is 23.1 Å². The monoisotopic (exact) mass is 481 g/mol. The number of phenolic OH excluding ortho intramolecular Hbond substituents is 1. The Morgan fingerprint density at radius 2 is 2.15 bits per heavy atom. The Hall–Kier alpha value is -2.16. The molecular formula is C26H31N3O4S. The SMILES string of the molecule is Cc1scnc1CC(=O)N1CCC2(O)C3Cc4ccc(O)c5c4C2(CCN3CC2CC2)[C@@H](C1)O5. The van der Waals surface area contributed by atoms with E-state index in [0.717, 1.165) is 48.0 Å². The summed E-state index contributed by atoms with van der Waals surface area (Å²) >= 11 is 1.56. The highest BCUT2D eigenvalue weighted by atomic mass is 32.1. The quantitative estimate of drug-likeness (QED) is 0.698. The van der Waals surface area contributed by atoms with Crippen LogP contribution in [0.5, 0.6) is 11.5 Å². The van der Waals surface area contributed by atoms with Gasteiger partial charge in [0.1, 0.15) is 6.10 Å². The number of benzene rings is 1. The molecule has 2 aliphatic carbocycles. The van der Waals surface area contributed by atoms with E-state index in [2.05, 4.69) is 9.88 Å². The molecule has 2 bridgehead atoms. The van der Waals surface area contributed by atoms with E-state index in [1.54, 1.807) is 22.9 Å². The van der Waals surface area contributed by atoms with Gasteiger partial charge >= 0.3 is 0 Å². The average Bonchev–Trinajstić information content (AvgIpc) is 3.47. The Bertz CT molecular complexity index is 1180. The highest BCUT2D eigenvalue weighted by Gasteiger charge is 2.71. The van der Waals surface area contributed by atoms with Gasteiger partial charge in [-0.05, 0) is 63.1 Å². The van der Waals surface area contributed by atoms with Gasteiger partial charge in [-0.15, -0.1) is 11.3 Å². The highest BCUT2D eigenvalue weighted by molar-refractivity contribution is 7.09. The largest absolute Gasteiger partial charge is 0.504 e. The molecule has 1 aromatic heterocycles.